The molecule has 35 heavy (non-hydrogen) atoms. The zero-order valence-electron chi connectivity index (χ0n) is 20.9. The summed E-state index contributed by atoms with van der Waals surface area (Å²) in [7, 11) is 2.84. The van der Waals surface area contributed by atoms with E-state index >= 15 is 0 Å². The summed E-state index contributed by atoms with van der Waals surface area (Å²) in [6.07, 6.45) is -2.62. The number of ether oxygens (including phenoxy) is 4. The molecule has 1 aliphatic rings. The number of carbonyl (C=O) groups excluding carboxylic acids is 2. The molecule has 1 saturated heterocycles. The van der Waals surface area contributed by atoms with E-state index in [0.29, 0.717) is 0 Å². The predicted octanol–water partition coefficient (Wildman–Crippen LogP) is 2.77. The van der Waals surface area contributed by atoms with Crippen molar-refractivity contribution >= 4 is 11.9 Å². The number of phenols is 1. The molecule has 0 bridgehead atoms. The molecule has 2 N–H and O–H groups in total. The van der Waals surface area contributed by atoms with E-state index in [1.165, 1.54) is 30.2 Å². The molecule has 1 aromatic carbocycles. The van der Waals surface area contributed by atoms with Crippen LogP contribution < -0.4 is 4.74 Å². The van der Waals surface area contributed by atoms with Gasteiger partial charge in [0.1, 0.15) is 0 Å². The van der Waals surface area contributed by atoms with Crippen LogP contribution in [0, 0.1) is 0 Å². The van der Waals surface area contributed by atoms with E-state index in [0.717, 1.165) is 0 Å². The smallest absolute Gasteiger partial charge is 0.335 e. The Bertz CT molecular complexity index is 961. The molecule has 1 aromatic rings. The zero-order chi connectivity index (χ0) is 26.4. The Morgan fingerprint density at radius 3 is 2.54 bits per heavy atom. The number of benzene rings is 1. The third-order valence-corrected chi connectivity index (χ3v) is 5.63. The summed E-state index contributed by atoms with van der Waals surface area (Å²) in [6.45, 7) is 7.52. The van der Waals surface area contributed by atoms with Gasteiger partial charge in [-0.25, -0.2) is 4.79 Å². The van der Waals surface area contributed by atoms with Crippen LogP contribution >= 0.6 is 0 Å². The molecule has 0 radical (unpaired) electrons. The SMILES string of the molecule is COC(=O)[C@@H]1C[C@H](O)CC(Oc2ccc(C(=O)N(C)C(C)(C)COCC(C)(C)N=[N+]=[N-])cc2O)O1. The quantitative estimate of drug-likeness (QED) is 0.217. The number of hydrogen-bond acceptors (Lipinski definition) is 9. The lowest BCUT2D eigenvalue weighted by Crippen LogP contribution is -2.49. The Kier molecular flexibility index (Phi) is 9.33. The maximum absolute atomic E-state index is 13.0. The first-order chi connectivity index (χ1) is 16.3. The first-order valence-corrected chi connectivity index (χ1v) is 11.1. The molecule has 12 heteroatoms. The van der Waals surface area contributed by atoms with Crippen molar-refractivity contribution < 1.29 is 38.7 Å². The van der Waals surface area contributed by atoms with Crippen LogP contribution in [0.25, 0.3) is 10.4 Å². The second-order valence-corrected chi connectivity index (χ2v) is 9.67. The van der Waals surface area contributed by atoms with Crippen LogP contribution in [0.1, 0.15) is 50.9 Å². The highest BCUT2D eigenvalue weighted by atomic mass is 16.7. The average Bonchev–Trinajstić information content (AvgIpc) is 2.78. The number of esters is 1. The first kappa shape index (κ1) is 28.2. The van der Waals surface area contributed by atoms with Gasteiger partial charge >= 0.3 is 5.97 Å². The van der Waals surface area contributed by atoms with Crippen LogP contribution in [-0.4, -0.2) is 83.9 Å². The molecule has 194 valence electrons. The predicted molar refractivity (Wildman–Crippen MR) is 125 cm³/mol. The average molecular weight is 495 g/mol. The van der Waals surface area contributed by atoms with Crippen molar-refractivity contribution in [3.05, 3.63) is 34.2 Å². The normalized spacial score (nSPS) is 20.5. The fourth-order valence-corrected chi connectivity index (χ4v) is 3.38. The molecule has 2 rings (SSSR count). The second kappa shape index (κ2) is 11.6. The lowest BCUT2D eigenvalue weighted by molar-refractivity contribution is -0.197. The number of hydrogen-bond donors (Lipinski definition) is 2. The van der Waals surface area contributed by atoms with Gasteiger partial charge in [0.15, 0.2) is 17.6 Å². The number of aromatic hydroxyl groups is 1. The molecule has 0 aliphatic carbocycles. The topological polar surface area (TPSA) is 164 Å². The van der Waals surface area contributed by atoms with E-state index in [1.807, 2.05) is 13.8 Å². The molecule has 1 fully saturated rings. The number of rotatable bonds is 10. The molecule has 1 heterocycles. The maximum atomic E-state index is 13.0. The Hall–Kier alpha value is -3.05. The van der Waals surface area contributed by atoms with E-state index < -0.39 is 35.5 Å². The summed E-state index contributed by atoms with van der Waals surface area (Å²) in [5, 5.41) is 24.1. The molecule has 12 nitrogen and oxygen atoms in total. The van der Waals surface area contributed by atoms with Gasteiger partial charge in [-0.2, -0.15) is 0 Å². The monoisotopic (exact) mass is 494 g/mol. The van der Waals surface area contributed by atoms with Gasteiger partial charge < -0.3 is 34.1 Å². The van der Waals surface area contributed by atoms with Crippen LogP contribution in [0.5, 0.6) is 11.5 Å². The van der Waals surface area contributed by atoms with Crippen molar-refractivity contribution in [3.63, 3.8) is 0 Å². The Morgan fingerprint density at radius 1 is 1.26 bits per heavy atom. The standard InChI is InChI=1S/C23H34N4O8/c1-22(2,25-26-24)12-33-13-23(3,4)27(5)20(30)14-7-8-17(16(29)9-14)34-19-11-15(28)10-18(35-19)21(31)32-6/h7-9,15,18-19,28-29H,10-13H2,1-6H3/t15-,18-,19?/m0/s1. The Labute approximate surface area is 204 Å². The van der Waals surface area contributed by atoms with Gasteiger partial charge in [-0.15, -0.1) is 0 Å². The molecule has 3 atom stereocenters. The molecule has 0 saturated carbocycles. The van der Waals surface area contributed by atoms with Crippen molar-refractivity contribution in [2.24, 2.45) is 5.11 Å². The summed E-state index contributed by atoms with van der Waals surface area (Å²) >= 11 is 0. The summed E-state index contributed by atoms with van der Waals surface area (Å²) in [5.41, 5.74) is 7.42. The minimum Gasteiger partial charge on any atom is -0.504 e. The highest BCUT2D eigenvalue weighted by Crippen LogP contribution is 2.32. The van der Waals surface area contributed by atoms with Gasteiger partial charge in [-0.05, 0) is 37.6 Å². The van der Waals surface area contributed by atoms with Crippen molar-refractivity contribution in [2.45, 2.75) is 70.1 Å². The van der Waals surface area contributed by atoms with E-state index in [-0.39, 0.29) is 49.0 Å². The summed E-state index contributed by atoms with van der Waals surface area (Å²) in [5.74, 6) is -1.24. The van der Waals surface area contributed by atoms with Gasteiger partial charge in [0.25, 0.3) is 5.91 Å². The van der Waals surface area contributed by atoms with Crippen LogP contribution in [0.4, 0.5) is 0 Å². The number of aliphatic hydroxyl groups excluding tert-OH is 1. The first-order valence-electron chi connectivity index (χ1n) is 11.1. The fourth-order valence-electron chi connectivity index (χ4n) is 3.38. The molecule has 1 aliphatic heterocycles. The van der Waals surface area contributed by atoms with Gasteiger partial charge in [0, 0.05) is 30.4 Å². The number of likely N-dealkylation sites (N-methyl/N-ethyl adjacent to an activating group) is 1. The number of methoxy groups -OCH3 is 1. The van der Waals surface area contributed by atoms with Crippen molar-refractivity contribution in [1.29, 1.82) is 0 Å². The Morgan fingerprint density at radius 2 is 1.94 bits per heavy atom. The summed E-state index contributed by atoms with van der Waals surface area (Å²) in [6, 6.07) is 4.18. The fraction of sp³-hybridized carbons (Fsp3) is 0.652. The molecule has 0 aromatic heterocycles. The number of amides is 1. The highest BCUT2D eigenvalue weighted by Gasteiger charge is 2.35. The van der Waals surface area contributed by atoms with Crippen LogP contribution in [0.15, 0.2) is 23.3 Å². The third kappa shape index (κ3) is 7.72. The minimum absolute atomic E-state index is 0.0368. The number of azide groups is 1. The van der Waals surface area contributed by atoms with Gasteiger partial charge in [-0.1, -0.05) is 19.0 Å². The van der Waals surface area contributed by atoms with E-state index in [1.54, 1.807) is 20.9 Å². The van der Waals surface area contributed by atoms with Crippen LogP contribution in [-0.2, 0) is 19.0 Å². The van der Waals surface area contributed by atoms with Crippen LogP contribution in [0.2, 0.25) is 0 Å². The molecule has 0 spiro atoms. The van der Waals surface area contributed by atoms with Gasteiger partial charge in [0.2, 0.25) is 6.29 Å². The summed E-state index contributed by atoms with van der Waals surface area (Å²) in [4.78, 5) is 29.1. The van der Waals surface area contributed by atoms with Crippen LogP contribution in [0.3, 0.4) is 0 Å². The van der Waals surface area contributed by atoms with E-state index in [4.69, 9.17) is 19.7 Å². The maximum Gasteiger partial charge on any atom is 0.335 e. The lowest BCUT2D eigenvalue weighted by Gasteiger charge is -2.36. The zero-order valence-corrected chi connectivity index (χ0v) is 20.9. The van der Waals surface area contributed by atoms with E-state index in [9.17, 15) is 19.8 Å². The largest absolute Gasteiger partial charge is 0.504 e. The number of nitrogens with zero attached hydrogens (tertiary/aromatic N) is 4. The molecule has 1 unspecified atom stereocenters. The second-order valence-electron chi connectivity index (χ2n) is 9.67. The number of carbonyl (C=O) groups is 2. The van der Waals surface area contributed by atoms with Crippen molar-refractivity contribution in [1.82, 2.24) is 4.90 Å². The molecule has 1 amide bonds. The highest BCUT2D eigenvalue weighted by molar-refractivity contribution is 5.95. The lowest BCUT2D eigenvalue weighted by atomic mass is 10.0. The van der Waals surface area contributed by atoms with Crippen molar-refractivity contribution in [3.8, 4) is 11.5 Å². The van der Waals surface area contributed by atoms with Crippen molar-refractivity contribution in [2.75, 3.05) is 27.4 Å². The van der Waals surface area contributed by atoms with Gasteiger partial charge in [0.05, 0.1) is 37.5 Å². The minimum atomic E-state index is -0.983. The third-order valence-electron chi connectivity index (χ3n) is 5.63. The number of aliphatic hydroxyl groups is 1. The molecular weight excluding hydrogens is 460 g/mol. The summed E-state index contributed by atoms with van der Waals surface area (Å²) < 4.78 is 21.5. The van der Waals surface area contributed by atoms with Gasteiger partial charge in [-0.3, -0.25) is 4.79 Å². The number of phenolic OH excluding ortho intramolecular Hbond substituents is 1. The molecular formula is C23H34N4O8. The Balaban J connectivity index is 2.04. The van der Waals surface area contributed by atoms with E-state index in [2.05, 4.69) is 14.8 Å².